The molecule has 2 heterocycles. The summed E-state index contributed by atoms with van der Waals surface area (Å²) in [7, 11) is 0. The van der Waals surface area contributed by atoms with E-state index < -0.39 is 0 Å². The summed E-state index contributed by atoms with van der Waals surface area (Å²) >= 11 is 7.56. The van der Waals surface area contributed by atoms with Gasteiger partial charge in [0.1, 0.15) is 16.9 Å². The molecule has 0 spiro atoms. The fourth-order valence-corrected chi connectivity index (χ4v) is 2.79. The number of halogens is 1. The topological polar surface area (TPSA) is 50.7 Å². The Morgan fingerprint density at radius 1 is 1.67 bits per heavy atom. The van der Waals surface area contributed by atoms with Gasteiger partial charge in [0.25, 0.3) is 0 Å². The Balaban J connectivity index is 2.38. The van der Waals surface area contributed by atoms with Crippen molar-refractivity contribution >= 4 is 34.9 Å². The van der Waals surface area contributed by atoms with E-state index in [-0.39, 0.29) is 11.3 Å². The lowest BCUT2D eigenvalue weighted by molar-refractivity contribution is 0.768. The number of fused-ring (bicyclic) bond motifs is 1. The molecule has 3 nitrogen and oxygen atoms in total. The van der Waals surface area contributed by atoms with Gasteiger partial charge in [-0.1, -0.05) is 11.6 Å². The van der Waals surface area contributed by atoms with Gasteiger partial charge >= 0.3 is 0 Å². The first-order chi connectivity index (χ1) is 5.70. The van der Waals surface area contributed by atoms with Gasteiger partial charge in [-0.05, 0) is 6.92 Å². The lowest BCUT2D eigenvalue weighted by atomic mass is 10.1. The summed E-state index contributed by atoms with van der Waals surface area (Å²) in [5, 5.41) is 0.673. The molecular weight excluding hydrogens is 194 g/mol. The number of thioether (sulfide) groups is 1. The van der Waals surface area contributed by atoms with Gasteiger partial charge < -0.3 is 5.73 Å². The van der Waals surface area contributed by atoms with E-state index in [4.69, 9.17) is 17.3 Å². The van der Waals surface area contributed by atoms with Crippen molar-refractivity contribution < 1.29 is 0 Å². The molecule has 0 aromatic rings. The zero-order valence-corrected chi connectivity index (χ0v) is 8.06. The number of aliphatic imine (C=N–C) groups is 2. The van der Waals surface area contributed by atoms with Crippen LogP contribution in [0.4, 0.5) is 0 Å². The molecule has 0 radical (unpaired) electrons. The fourth-order valence-electron chi connectivity index (χ4n) is 1.29. The molecule has 0 amide bonds. The van der Waals surface area contributed by atoms with Gasteiger partial charge in [-0.25, -0.2) is 4.99 Å². The highest BCUT2D eigenvalue weighted by atomic mass is 35.5. The van der Waals surface area contributed by atoms with Gasteiger partial charge in [0.2, 0.25) is 0 Å². The van der Waals surface area contributed by atoms with E-state index in [1.807, 2.05) is 6.92 Å². The quantitative estimate of drug-likeness (QED) is 0.647. The van der Waals surface area contributed by atoms with Crippen LogP contribution in [0.2, 0.25) is 0 Å². The number of nitrogens with zero attached hydrogens (tertiary/aromatic N) is 2. The van der Waals surface area contributed by atoms with Crippen LogP contribution >= 0.6 is 23.4 Å². The van der Waals surface area contributed by atoms with Gasteiger partial charge in [-0.2, -0.15) is 0 Å². The molecule has 0 aliphatic carbocycles. The molecule has 0 aromatic carbocycles. The van der Waals surface area contributed by atoms with Crippen LogP contribution in [0.3, 0.4) is 0 Å². The monoisotopic (exact) mass is 201 g/mol. The molecule has 0 bridgehead atoms. The third kappa shape index (κ3) is 1.06. The first kappa shape index (κ1) is 8.13. The van der Waals surface area contributed by atoms with Gasteiger partial charge in [-0.15, -0.1) is 11.8 Å². The van der Waals surface area contributed by atoms with Gasteiger partial charge in [0.05, 0.1) is 5.92 Å². The molecule has 2 unspecified atom stereocenters. The fraction of sp³-hybridized carbons (Fsp3) is 0.429. The van der Waals surface area contributed by atoms with E-state index in [9.17, 15) is 0 Å². The zero-order valence-electron chi connectivity index (χ0n) is 6.49. The van der Waals surface area contributed by atoms with Crippen molar-refractivity contribution in [1.29, 1.82) is 0 Å². The Labute approximate surface area is 79.8 Å². The van der Waals surface area contributed by atoms with Crippen molar-refractivity contribution in [3.8, 4) is 0 Å². The second-order valence-corrected chi connectivity index (χ2v) is 4.43. The zero-order chi connectivity index (χ0) is 8.72. The molecule has 5 heteroatoms. The summed E-state index contributed by atoms with van der Waals surface area (Å²) in [5.41, 5.74) is 6.66. The van der Waals surface area contributed by atoms with E-state index in [2.05, 4.69) is 9.98 Å². The summed E-state index contributed by atoms with van der Waals surface area (Å²) in [5.74, 6) is 0.0154. The van der Waals surface area contributed by atoms with E-state index in [0.717, 1.165) is 10.6 Å². The van der Waals surface area contributed by atoms with E-state index in [0.29, 0.717) is 5.17 Å². The highest BCUT2D eigenvalue weighted by Gasteiger charge is 2.36. The summed E-state index contributed by atoms with van der Waals surface area (Å²) < 4.78 is 0. The van der Waals surface area contributed by atoms with Crippen molar-refractivity contribution in [2.24, 2.45) is 21.6 Å². The molecule has 2 aliphatic rings. The van der Waals surface area contributed by atoms with Crippen molar-refractivity contribution in [3.63, 3.8) is 0 Å². The Morgan fingerprint density at radius 2 is 2.42 bits per heavy atom. The van der Waals surface area contributed by atoms with E-state index >= 15 is 0 Å². The molecule has 0 saturated heterocycles. The molecule has 0 saturated carbocycles. The van der Waals surface area contributed by atoms with Crippen LogP contribution in [0.15, 0.2) is 20.6 Å². The minimum atomic E-state index is 0.0154. The summed E-state index contributed by atoms with van der Waals surface area (Å²) in [6, 6.07) is 0. The number of allylic oxidation sites excluding steroid dienone is 1. The van der Waals surface area contributed by atoms with Crippen molar-refractivity contribution in [3.05, 3.63) is 10.6 Å². The predicted molar refractivity (Wildman–Crippen MR) is 53.5 cm³/mol. The number of rotatable bonds is 0. The minimum Gasteiger partial charge on any atom is -0.401 e. The molecule has 12 heavy (non-hydrogen) atoms. The second kappa shape index (κ2) is 2.78. The molecular formula is C7H8ClN3S. The predicted octanol–water partition coefficient (Wildman–Crippen LogP) is 1.54. The van der Waals surface area contributed by atoms with Gasteiger partial charge in [0.15, 0.2) is 0 Å². The standard InChI is InChI=1S/C7H8ClN3S/c1-3-5(9)4-6(8)10-2-11-7(4)12-3/h2,4,7H,9H2,1H3. The average molecular weight is 202 g/mol. The normalized spacial score (nSPS) is 33.7. The third-order valence-electron chi connectivity index (χ3n) is 1.98. The van der Waals surface area contributed by atoms with Crippen molar-refractivity contribution in [2.45, 2.75) is 12.3 Å². The van der Waals surface area contributed by atoms with Crippen LogP contribution in [0, 0.1) is 5.92 Å². The van der Waals surface area contributed by atoms with Crippen LogP contribution in [0.1, 0.15) is 6.92 Å². The molecule has 2 aliphatic heterocycles. The molecule has 64 valence electrons. The van der Waals surface area contributed by atoms with E-state index in [1.54, 1.807) is 11.8 Å². The number of nitrogens with two attached hydrogens (primary N) is 1. The Morgan fingerprint density at radius 3 is 3.08 bits per heavy atom. The SMILES string of the molecule is CC1=C(N)C2C(Cl)=NC=NC2S1. The number of hydrogen-bond acceptors (Lipinski definition) is 4. The third-order valence-corrected chi connectivity index (χ3v) is 3.53. The lowest BCUT2D eigenvalue weighted by Gasteiger charge is -2.17. The Hall–Kier alpha value is -0.480. The Bertz CT molecular complexity index is 308. The molecule has 0 fully saturated rings. The Kier molecular flexibility index (Phi) is 1.88. The first-order valence-corrected chi connectivity index (χ1v) is 4.83. The van der Waals surface area contributed by atoms with Crippen molar-refractivity contribution in [1.82, 2.24) is 0 Å². The minimum absolute atomic E-state index is 0.0154. The number of hydrogen-bond donors (Lipinski definition) is 1. The molecule has 2 N–H and O–H groups in total. The van der Waals surface area contributed by atoms with Gasteiger partial charge in [0, 0.05) is 10.6 Å². The summed E-state index contributed by atoms with van der Waals surface area (Å²) in [4.78, 5) is 9.22. The smallest absolute Gasteiger partial charge is 0.120 e. The molecule has 2 atom stereocenters. The van der Waals surface area contributed by atoms with Crippen LogP contribution in [-0.4, -0.2) is 16.9 Å². The average Bonchev–Trinajstić information content (AvgIpc) is 2.29. The maximum absolute atomic E-state index is 5.91. The van der Waals surface area contributed by atoms with Crippen LogP contribution in [0.5, 0.6) is 0 Å². The van der Waals surface area contributed by atoms with Crippen LogP contribution in [-0.2, 0) is 0 Å². The highest BCUT2D eigenvalue weighted by molar-refractivity contribution is 8.04. The van der Waals surface area contributed by atoms with E-state index in [1.165, 1.54) is 6.34 Å². The maximum Gasteiger partial charge on any atom is 0.120 e. The second-order valence-electron chi connectivity index (χ2n) is 2.71. The van der Waals surface area contributed by atoms with Gasteiger partial charge in [-0.3, -0.25) is 4.99 Å². The summed E-state index contributed by atoms with van der Waals surface area (Å²) in [6.45, 7) is 1.98. The van der Waals surface area contributed by atoms with Crippen LogP contribution in [0.25, 0.3) is 0 Å². The van der Waals surface area contributed by atoms with Crippen LogP contribution < -0.4 is 5.73 Å². The summed E-state index contributed by atoms with van der Waals surface area (Å²) in [6.07, 6.45) is 1.50. The largest absolute Gasteiger partial charge is 0.401 e. The maximum atomic E-state index is 5.91. The van der Waals surface area contributed by atoms with Crippen molar-refractivity contribution in [2.75, 3.05) is 0 Å². The molecule has 0 aromatic heterocycles. The first-order valence-electron chi connectivity index (χ1n) is 3.58. The highest BCUT2D eigenvalue weighted by Crippen LogP contribution is 2.42. The molecule has 2 rings (SSSR count). The lowest BCUT2D eigenvalue weighted by Crippen LogP contribution is -2.26.